The van der Waals surface area contributed by atoms with Gasteiger partial charge in [-0.25, -0.2) is 0 Å². The molecule has 0 fully saturated rings. The molecule has 2 aromatic rings. The van der Waals surface area contributed by atoms with Crippen LogP contribution < -0.4 is 10.5 Å². The quantitative estimate of drug-likeness (QED) is 0.911. The van der Waals surface area contributed by atoms with Gasteiger partial charge in [0.25, 0.3) is 0 Å². The Kier molecular flexibility index (Phi) is 4.24. The fourth-order valence-electron chi connectivity index (χ4n) is 1.63. The first-order chi connectivity index (χ1) is 8.69. The third kappa shape index (κ3) is 3.25. The van der Waals surface area contributed by atoms with Crippen LogP contribution >= 0.6 is 11.6 Å². The highest BCUT2D eigenvalue weighted by Crippen LogP contribution is 2.26. The van der Waals surface area contributed by atoms with Gasteiger partial charge in [-0.3, -0.25) is 0 Å². The number of hydrogen-bond acceptors (Lipinski definition) is 2. The van der Waals surface area contributed by atoms with Crippen LogP contribution in [-0.2, 0) is 13.2 Å². The molecule has 0 amide bonds. The van der Waals surface area contributed by atoms with Crippen LogP contribution in [0.3, 0.4) is 0 Å². The van der Waals surface area contributed by atoms with Gasteiger partial charge >= 0.3 is 0 Å². The summed E-state index contributed by atoms with van der Waals surface area (Å²) in [7, 11) is 0. The summed E-state index contributed by atoms with van der Waals surface area (Å²) in [6.45, 7) is 3.06. The van der Waals surface area contributed by atoms with E-state index in [1.807, 2.05) is 18.2 Å². The summed E-state index contributed by atoms with van der Waals surface area (Å²) < 4.78 is 5.69. The van der Waals surface area contributed by atoms with Gasteiger partial charge in [-0.1, -0.05) is 47.5 Å². The number of nitrogens with two attached hydrogens (primary N) is 1. The molecular formula is C15H16ClNO. The van der Waals surface area contributed by atoms with Crippen LogP contribution in [0, 0.1) is 6.92 Å². The van der Waals surface area contributed by atoms with E-state index < -0.39 is 0 Å². The number of ether oxygens (including phenoxy) is 1. The van der Waals surface area contributed by atoms with Gasteiger partial charge in [-0.05, 0) is 30.2 Å². The van der Waals surface area contributed by atoms with Gasteiger partial charge in [0.2, 0.25) is 0 Å². The molecule has 0 aliphatic carbocycles. The zero-order valence-electron chi connectivity index (χ0n) is 10.3. The molecule has 0 heterocycles. The van der Waals surface area contributed by atoms with Crippen molar-refractivity contribution in [2.45, 2.75) is 20.1 Å². The van der Waals surface area contributed by atoms with E-state index in [9.17, 15) is 0 Å². The van der Waals surface area contributed by atoms with E-state index in [0.717, 1.165) is 11.1 Å². The summed E-state index contributed by atoms with van der Waals surface area (Å²) >= 11 is 6.12. The molecule has 2 N–H and O–H groups in total. The number of halogens is 1. The molecule has 2 nitrogen and oxygen atoms in total. The smallest absolute Gasteiger partial charge is 0.138 e. The van der Waals surface area contributed by atoms with Crippen molar-refractivity contribution in [2.75, 3.05) is 0 Å². The second kappa shape index (κ2) is 5.89. The summed E-state index contributed by atoms with van der Waals surface area (Å²) in [5, 5.41) is 0.602. The molecule has 3 heteroatoms. The molecule has 18 heavy (non-hydrogen) atoms. The molecule has 0 saturated heterocycles. The lowest BCUT2D eigenvalue weighted by molar-refractivity contribution is 0.306. The Morgan fingerprint density at radius 1 is 1.06 bits per heavy atom. The first-order valence-corrected chi connectivity index (χ1v) is 6.23. The molecule has 0 aliphatic heterocycles. The molecule has 0 unspecified atom stereocenters. The summed E-state index contributed by atoms with van der Waals surface area (Å²) in [6.07, 6.45) is 0. The summed E-state index contributed by atoms with van der Waals surface area (Å²) in [6, 6.07) is 13.9. The Labute approximate surface area is 112 Å². The van der Waals surface area contributed by atoms with E-state index in [-0.39, 0.29) is 0 Å². The topological polar surface area (TPSA) is 35.2 Å². The van der Waals surface area contributed by atoms with Crippen molar-refractivity contribution < 1.29 is 4.74 Å². The molecule has 0 aromatic heterocycles. The molecule has 2 aromatic carbocycles. The fourth-order valence-corrected chi connectivity index (χ4v) is 1.89. The average molecular weight is 262 g/mol. The Hall–Kier alpha value is -1.51. The summed E-state index contributed by atoms with van der Waals surface area (Å²) in [5.41, 5.74) is 8.92. The van der Waals surface area contributed by atoms with Crippen LogP contribution in [0.5, 0.6) is 5.75 Å². The van der Waals surface area contributed by atoms with Crippen LogP contribution in [0.15, 0.2) is 42.5 Å². The van der Waals surface area contributed by atoms with E-state index in [4.69, 9.17) is 22.1 Å². The van der Waals surface area contributed by atoms with Crippen molar-refractivity contribution in [3.8, 4) is 5.75 Å². The van der Waals surface area contributed by atoms with Crippen molar-refractivity contribution in [1.29, 1.82) is 0 Å². The van der Waals surface area contributed by atoms with Gasteiger partial charge < -0.3 is 10.5 Å². The van der Waals surface area contributed by atoms with E-state index in [1.54, 1.807) is 0 Å². The van der Waals surface area contributed by atoms with Crippen LogP contribution in [0.25, 0.3) is 0 Å². The van der Waals surface area contributed by atoms with Crippen molar-refractivity contribution in [2.24, 2.45) is 5.73 Å². The first-order valence-electron chi connectivity index (χ1n) is 5.86. The molecule has 0 aliphatic rings. The van der Waals surface area contributed by atoms with Crippen LogP contribution in [0.2, 0.25) is 5.02 Å². The fraction of sp³-hybridized carbons (Fsp3) is 0.200. The zero-order valence-corrected chi connectivity index (χ0v) is 11.1. The second-order valence-electron chi connectivity index (χ2n) is 4.24. The lowest BCUT2D eigenvalue weighted by Gasteiger charge is -2.09. The molecule has 0 atom stereocenters. The van der Waals surface area contributed by atoms with Gasteiger partial charge in [0.05, 0.1) is 5.02 Å². The maximum Gasteiger partial charge on any atom is 0.138 e. The van der Waals surface area contributed by atoms with Gasteiger partial charge in [0, 0.05) is 6.54 Å². The van der Waals surface area contributed by atoms with Crippen molar-refractivity contribution in [3.63, 3.8) is 0 Å². The summed E-state index contributed by atoms with van der Waals surface area (Å²) in [5.74, 6) is 0.689. The average Bonchev–Trinajstić information content (AvgIpc) is 2.39. The highest BCUT2D eigenvalue weighted by atomic mass is 35.5. The SMILES string of the molecule is Cc1ccc(COc2ccc(CN)cc2Cl)cc1. The zero-order chi connectivity index (χ0) is 13.0. The highest BCUT2D eigenvalue weighted by Gasteiger charge is 2.03. The number of aryl methyl sites for hydroxylation is 1. The van der Waals surface area contributed by atoms with Gasteiger partial charge in [0.1, 0.15) is 12.4 Å². The largest absolute Gasteiger partial charge is 0.487 e. The number of hydrogen-bond donors (Lipinski definition) is 1. The van der Waals surface area contributed by atoms with Gasteiger partial charge in [-0.15, -0.1) is 0 Å². The maximum absolute atomic E-state index is 6.12. The van der Waals surface area contributed by atoms with Gasteiger partial charge in [0.15, 0.2) is 0 Å². The Morgan fingerprint density at radius 2 is 1.72 bits per heavy atom. The molecular weight excluding hydrogens is 246 g/mol. The predicted octanol–water partition coefficient (Wildman–Crippen LogP) is 3.69. The van der Waals surface area contributed by atoms with Gasteiger partial charge in [-0.2, -0.15) is 0 Å². The molecule has 0 spiro atoms. The lowest BCUT2D eigenvalue weighted by Crippen LogP contribution is -1.99. The monoisotopic (exact) mass is 261 g/mol. The van der Waals surface area contributed by atoms with E-state index in [2.05, 4.69) is 31.2 Å². The Bertz CT molecular complexity index is 523. The predicted molar refractivity (Wildman–Crippen MR) is 74.9 cm³/mol. The second-order valence-corrected chi connectivity index (χ2v) is 4.65. The first kappa shape index (κ1) is 12.9. The van der Waals surface area contributed by atoms with Crippen molar-refractivity contribution >= 4 is 11.6 Å². The molecule has 0 bridgehead atoms. The van der Waals surface area contributed by atoms with E-state index in [1.165, 1.54) is 5.56 Å². The minimum absolute atomic E-state index is 0.484. The van der Waals surface area contributed by atoms with Crippen LogP contribution in [0.1, 0.15) is 16.7 Å². The molecule has 94 valence electrons. The standard InChI is InChI=1S/C15H16ClNO/c1-11-2-4-12(5-3-11)10-18-15-7-6-13(9-17)8-14(15)16/h2-8H,9-10,17H2,1H3. The minimum atomic E-state index is 0.484. The lowest BCUT2D eigenvalue weighted by atomic mass is 10.2. The maximum atomic E-state index is 6.12. The van der Waals surface area contributed by atoms with Crippen LogP contribution in [-0.4, -0.2) is 0 Å². The third-order valence-electron chi connectivity index (χ3n) is 2.75. The number of benzene rings is 2. The normalized spacial score (nSPS) is 10.4. The molecule has 0 saturated carbocycles. The Balaban J connectivity index is 2.04. The van der Waals surface area contributed by atoms with Crippen molar-refractivity contribution in [1.82, 2.24) is 0 Å². The number of rotatable bonds is 4. The van der Waals surface area contributed by atoms with Crippen LogP contribution in [0.4, 0.5) is 0 Å². The van der Waals surface area contributed by atoms with E-state index >= 15 is 0 Å². The highest BCUT2D eigenvalue weighted by molar-refractivity contribution is 6.32. The summed E-state index contributed by atoms with van der Waals surface area (Å²) in [4.78, 5) is 0. The van der Waals surface area contributed by atoms with Crippen molar-refractivity contribution in [3.05, 3.63) is 64.2 Å². The third-order valence-corrected chi connectivity index (χ3v) is 3.04. The minimum Gasteiger partial charge on any atom is -0.487 e. The molecule has 2 rings (SSSR count). The molecule has 0 radical (unpaired) electrons. The Morgan fingerprint density at radius 3 is 2.33 bits per heavy atom. The van der Waals surface area contributed by atoms with E-state index in [0.29, 0.717) is 23.9 Å².